The number of ether oxygens (including phenoxy) is 3. The Labute approximate surface area is 147 Å². The molecule has 132 valence electrons. The molecular formula is C19H20O5S. The van der Waals surface area contributed by atoms with Gasteiger partial charge in [0.1, 0.15) is 11.0 Å². The van der Waals surface area contributed by atoms with Gasteiger partial charge >= 0.3 is 0 Å². The molecule has 0 saturated carbocycles. The second-order valence-corrected chi connectivity index (χ2v) is 7.57. The SMILES string of the molecule is CO[C@@H]1OC[C@@H](OCc2ccccc2)C=C1S(=O)(=O)c1ccccc1. The van der Waals surface area contributed by atoms with Gasteiger partial charge in [-0.05, 0) is 23.8 Å². The highest BCUT2D eigenvalue weighted by atomic mass is 32.2. The van der Waals surface area contributed by atoms with Crippen LogP contribution in [0.4, 0.5) is 0 Å². The van der Waals surface area contributed by atoms with Crippen molar-refractivity contribution >= 4 is 9.84 Å². The van der Waals surface area contributed by atoms with Gasteiger partial charge in [-0.15, -0.1) is 0 Å². The maximum absolute atomic E-state index is 12.9. The van der Waals surface area contributed by atoms with E-state index in [-0.39, 0.29) is 16.4 Å². The molecular weight excluding hydrogens is 340 g/mol. The lowest BCUT2D eigenvalue weighted by Crippen LogP contribution is -2.34. The molecule has 2 aromatic carbocycles. The molecule has 2 atom stereocenters. The Kier molecular flexibility index (Phi) is 5.65. The molecule has 1 aliphatic rings. The molecule has 5 nitrogen and oxygen atoms in total. The summed E-state index contributed by atoms with van der Waals surface area (Å²) in [6.45, 7) is 0.612. The summed E-state index contributed by atoms with van der Waals surface area (Å²) in [7, 11) is -2.29. The number of rotatable bonds is 6. The Balaban J connectivity index is 1.83. The lowest BCUT2D eigenvalue weighted by molar-refractivity contribution is -0.129. The minimum Gasteiger partial charge on any atom is -0.367 e. The molecule has 0 radical (unpaired) electrons. The van der Waals surface area contributed by atoms with E-state index in [0.717, 1.165) is 5.56 Å². The molecule has 0 bridgehead atoms. The minimum atomic E-state index is -3.71. The van der Waals surface area contributed by atoms with Crippen LogP contribution in [0.2, 0.25) is 0 Å². The molecule has 0 aliphatic carbocycles. The molecule has 0 aromatic heterocycles. The van der Waals surface area contributed by atoms with E-state index < -0.39 is 22.2 Å². The van der Waals surface area contributed by atoms with Gasteiger partial charge in [0.2, 0.25) is 9.84 Å². The lowest BCUT2D eigenvalue weighted by atomic mass is 10.2. The first-order chi connectivity index (χ1) is 12.1. The van der Waals surface area contributed by atoms with Crippen LogP contribution >= 0.6 is 0 Å². The van der Waals surface area contributed by atoms with E-state index >= 15 is 0 Å². The summed E-state index contributed by atoms with van der Waals surface area (Å²) < 4.78 is 42.3. The molecule has 1 heterocycles. The maximum Gasteiger partial charge on any atom is 0.207 e. The molecule has 0 fully saturated rings. The second-order valence-electron chi connectivity index (χ2n) is 5.62. The number of sulfone groups is 1. The third-order valence-corrected chi connectivity index (χ3v) is 5.72. The van der Waals surface area contributed by atoms with Gasteiger partial charge in [-0.25, -0.2) is 8.42 Å². The van der Waals surface area contributed by atoms with Crippen LogP contribution < -0.4 is 0 Å². The van der Waals surface area contributed by atoms with Gasteiger partial charge in [0, 0.05) is 7.11 Å². The summed E-state index contributed by atoms with van der Waals surface area (Å²) in [6, 6.07) is 17.9. The zero-order chi connectivity index (χ0) is 17.7. The first kappa shape index (κ1) is 17.8. The van der Waals surface area contributed by atoms with Crippen LogP contribution in [-0.4, -0.2) is 34.5 Å². The number of hydrogen-bond donors (Lipinski definition) is 0. The Hall–Kier alpha value is -1.99. The third-order valence-electron chi connectivity index (χ3n) is 3.88. The Morgan fingerprint density at radius 3 is 2.32 bits per heavy atom. The summed E-state index contributed by atoms with van der Waals surface area (Å²) in [5.41, 5.74) is 1.01. The fraction of sp³-hybridized carbons (Fsp3) is 0.263. The van der Waals surface area contributed by atoms with Crippen LogP contribution in [0.5, 0.6) is 0 Å². The summed E-state index contributed by atoms with van der Waals surface area (Å²) in [4.78, 5) is 0.279. The smallest absolute Gasteiger partial charge is 0.207 e. The molecule has 2 aromatic rings. The third kappa shape index (κ3) is 4.16. The van der Waals surface area contributed by atoms with Crippen molar-refractivity contribution in [2.45, 2.75) is 23.9 Å². The molecule has 3 rings (SSSR count). The topological polar surface area (TPSA) is 61.8 Å². The van der Waals surface area contributed by atoms with Gasteiger partial charge in [-0.3, -0.25) is 0 Å². The molecule has 1 aliphatic heterocycles. The van der Waals surface area contributed by atoms with Gasteiger partial charge in [0.25, 0.3) is 0 Å². The van der Waals surface area contributed by atoms with E-state index in [1.165, 1.54) is 7.11 Å². The summed E-state index contributed by atoms with van der Waals surface area (Å²) in [5.74, 6) is 0. The number of methoxy groups -OCH3 is 1. The van der Waals surface area contributed by atoms with Crippen molar-refractivity contribution in [3.8, 4) is 0 Å². The van der Waals surface area contributed by atoms with Crippen LogP contribution in [0.1, 0.15) is 5.56 Å². The normalized spacial score (nSPS) is 20.9. The predicted molar refractivity (Wildman–Crippen MR) is 93.5 cm³/mol. The molecule has 25 heavy (non-hydrogen) atoms. The molecule has 0 spiro atoms. The minimum absolute atomic E-state index is 0.0745. The van der Waals surface area contributed by atoms with E-state index in [0.29, 0.717) is 6.61 Å². The van der Waals surface area contributed by atoms with Crippen LogP contribution in [-0.2, 0) is 30.7 Å². The number of hydrogen-bond acceptors (Lipinski definition) is 5. The second kappa shape index (κ2) is 7.93. The quantitative estimate of drug-likeness (QED) is 0.793. The summed E-state index contributed by atoms with van der Waals surface area (Å²) in [5, 5.41) is 0. The molecule has 6 heteroatoms. The van der Waals surface area contributed by atoms with Gasteiger partial charge in [-0.1, -0.05) is 48.5 Å². The Morgan fingerprint density at radius 1 is 1.04 bits per heavy atom. The Morgan fingerprint density at radius 2 is 1.68 bits per heavy atom. The van der Waals surface area contributed by atoms with Crippen LogP contribution in [0.15, 0.2) is 76.5 Å². The van der Waals surface area contributed by atoms with Crippen molar-refractivity contribution in [1.29, 1.82) is 0 Å². The first-order valence-electron chi connectivity index (χ1n) is 7.93. The van der Waals surface area contributed by atoms with E-state index in [2.05, 4.69) is 0 Å². The molecule has 0 amide bonds. The van der Waals surface area contributed by atoms with Crippen molar-refractivity contribution in [3.05, 3.63) is 77.2 Å². The van der Waals surface area contributed by atoms with E-state index in [1.807, 2.05) is 30.3 Å². The van der Waals surface area contributed by atoms with E-state index in [9.17, 15) is 8.42 Å². The zero-order valence-corrected chi connectivity index (χ0v) is 14.7. The average molecular weight is 360 g/mol. The van der Waals surface area contributed by atoms with Gasteiger partial charge in [0.15, 0.2) is 6.29 Å². The standard InChI is InChI=1S/C19H20O5S/c1-22-19-18(25(20,21)17-10-6-3-7-11-17)12-16(14-24-19)23-13-15-8-4-2-5-9-15/h2-12,16,19H,13-14H2,1H3/t16-,19+/m0/s1. The highest BCUT2D eigenvalue weighted by Crippen LogP contribution is 2.28. The average Bonchev–Trinajstić information content (AvgIpc) is 2.67. The number of benzene rings is 2. The fourth-order valence-electron chi connectivity index (χ4n) is 2.58. The molecule has 0 N–H and O–H groups in total. The Bertz CT molecular complexity index is 815. The zero-order valence-electron chi connectivity index (χ0n) is 13.9. The highest BCUT2D eigenvalue weighted by molar-refractivity contribution is 7.95. The van der Waals surface area contributed by atoms with Crippen molar-refractivity contribution in [2.75, 3.05) is 13.7 Å². The van der Waals surface area contributed by atoms with Crippen molar-refractivity contribution < 1.29 is 22.6 Å². The van der Waals surface area contributed by atoms with Crippen molar-refractivity contribution in [1.82, 2.24) is 0 Å². The van der Waals surface area contributed by atoms with Crippen molar-refractivity contribution in [3.63, 3.8) is 0 Å². The van der Waals surface area contributed by atoms with E-state index in [4.69, 9.17) is 14.2 Å². The van der Waals surface area contributed by atoms with Crippen molar-refractivity contribution in [2.24, 2.45) is 0 Å². The van der Waals surface area contributed by atoms with Crippen LogP contribution in [0, 0.1) is 0 Å². The van der Waals surface area contributed by atoms with Gasteiger partial charge < -0.3 is 14.2 Å². The van der Waals surface area contributed by atoms with E-state index in [1.54, 1.807) is 36.4 Å². The molecule has 0 saturated heterocycles. The van der Waals surface area contributed by atoms with Gasteiger partial charge in [0.05, 0.1) is 18.1 Å². The highest BCUT2D eigenvalue weighted by Gasteiger charge is 2.33. The van der Waals surface area contributed by atoms with Crippen LogP contribution in [0.3, 0.4) is 0 Å². The lowest BCUT2D eigenvalue weighted by Gasteiger charge is -2.28. The van der Waals surface area contributed by atoms with Gasteiger partial charge in [-0.2, -0.15) is 0 Å². The predicted octanol–water partition coefficient (Wildman–Crippen LogP) is 2.93. The fourth-order valence-corrected chi connectivity index (χ4v) is 4.12. The summed E-state index contributed by atoms with van der Waals surface area (Å²) >= 11 is 0. The largest absolute Gasteiger partial charge is 0.367 e. The maximum atomic E-state index is 12.9. The molecule has 0 unspecified atom stereocenters. The monoisotopic (exact) mass is 360 g/mol. The first-order valence-corrected chi connectivity index (χ1v) is 9.41. The summed E-state index contributed by atoms with van der Waals surface area (Å²) in [6.07, 6.45) is 0.199. The van der Waals surface area contributed by atoms with Crippen LogP contribution in [0.25, 0.3) is 0 Å².